The van der Waals surface area contributed by atoms with E-state index >= 15 is 0 Å². The fraction of sp³-hybridized carbons (Fsp3) is 0.121. The van der Waals surface area contributed by atoms with E-state index in [4.69, 9.17) is 0 Å². The third-order valence-corrected chi connectivity index (χ3v) is 14.9. The van der Waals surface area contributed by atoms with Gasteiger partial charge in [0.05, 0.1) is 17.1 Å². The average molecular weight is 900 g/mol. The number of hydrogen-bond donors (Lipinski definition) is 0. The van der Waals surface area contributed by atoms with E-state index in [-0.39, 0.29) is 17.5 Å². The van der Waals surface area contributed by atoms with Gasteiger partial charge >= 0.3 is 0 Å². The molecule has 4 heteroatoms. The molecule has 9 aromatic carbocycles. The lowest BCUT2D eigenvalue weighted by Gasteiger charge is -2.37. The normalized spacial score (nSPS) is 12.7. The summed E-state index contributed by atoms with van der Waals surface area (Å²) in [7, 11) is 0. The summed E-state index contributed by atoms with van der Waals surface area (Å²) in [5.41, 5.74) is 24.5. The van der Waals surface area contributed by atoms with Crippen molar-refractivity contribution in [2.24, 2.45) is 0 Å². The summed E-state index contributed by atoms with van der Waals surface area (Å²) >= 11 is 0. The molecular formula is C66H54BN3. The van der Waals surface area contributed by atoms with Crippen LogP contribution in [0, 0.1) is 0 Å². The number of nitrogens with zero attached hydrogens (tertiary/aromatic N) is 3. The van der Waals surface area contributed by atoms with E-state index in [1.807, 2.05) is 0 Å². The molecule has 0 bridgehead atoms. The van der Waals surface area contributed by atoms with Crippen LogP contribution in [0.5, 0.6) is 0 Å². The number of fused-ring (bicyclic) bond motifs is 4. The molecule has 13 rings (SSSR count). The molecule has 2 aromatic heterocycles. The molecule has 0 atom stereocenters. The molecular weight excluding hydrogens is 846 g/mol. The van der Waals surface area contributed by atoms with Gasteiger partial charge in [-0.2, -0.15) is 0 Å². The molecule has 70 heavy (non-hydrogen) atoms. The molecule has 2 aliphatic rings. The highest BCUT2D eigenvalue weighted by atomic mass is 15.2. The maximum absolute atomic E-state index is 2.67. The molecule has 0 saturated heterocycles. The lowest BCUT2D eigenvalue weighted by molar-refractivity contribution is 0.591. The number of hydrogen-bond acceptors (Lipinski definition) is 1. The van der Waals surface area contributed by atoms with E-state index < -0.39 is 0 Å². The quantitative estimate of drug-likeness (QED) is 0.145. The monoisotopic (exact) mass is 899 g/mol. The molecule has 0 saturated carbocycles. The number of aromatic nitrogens is 2. The fourth-order valence-corrected chi connectivity index (χ4v) is 11.7. The second kappa shape index (κ2) is 15.7. The first-order valence-corrected chi connectivity index (χ1v) is 24.8. The summed E-state index contributed by atoms with van der Waals surface area (Å²) in [6.07, 6.45) is 0. The van der Waals surface area contributed by atoms with E-state index in [9.17, 15) is 0 Å². The minimum Gasteiger partial charge on any atom is -0.310 e. The third-order valence-electron chi connectivity index (χ3n) is 14.9. The van der Waals surface area contributed by atoms with Crippen molar-refractivity contribution >= 4 is 62.0 Å². The Morgan fingerprint density at radius 3 is 1.03 bits per heavy atom. The minimum absolute atomic E-state index is 0.0696. The zero-order chi connectivity index (χ0) is 47.5. The first-order chi connectivity index (χ1) is 34.0. The van der Waals surface area contributed by atoms with Crippen LogP contribution in [0.2, 0.25) is 0 Å². The van der Waals surface area contributed by atoms with Crippen molar-refractivity contribution in [3.63, 3.8) is 0 Å². The Labute approximate surface area is 412 Å². The summed E-state index contributed by atoms with van der Waals surface area (Å²) in [5, 5.41) is 2.57. The first-order valence-electron chi connectivity index (χ1n) is 24.8. The Hall–Kier alpha value is -8.08. The lowest BCUT2D eigenvalue weighted by atomic mass is 9.34. The van der Waals surface area contributed by atoms with Crippen molar-refractivity contribution in [1.82, 2.24) is 9.13 Å². The number of benzene rings is 9. The van der Waals surface area contributed by atoms with Crippen LogP contribution in [0.3, 0.4) is 0 Å². The molecule has 2 aliphatic heterocycles. The van der Waals surface area contributed by atoms with Crippen molar-refractivity contribution in [2.75, 3.05) is 4.90 Å². The van der Waals surface area contributed by atoms with Crippen LogP contribution in [0.1, 0.15) is 52.7 Å². The zero-order valence-corrected chi connectivity index (χ0v) is 40.7. The lowest BCUT2D eigenvalue weighted by Crippen LogP contribution is -2.60. The summed E-state index contributed by atoms with van der Waals surface area (Å²) in [6.45, 7) is 14.2. The van der Waals surface area contributed by atoms with Crippen LogP contribution in [-0.4, -0.2) is 15.8 Å². The molecule has 336 valence electrons. The SMILES string of the molecule is CC(C)(C)c1cc2c3c(c1)c(-c1ccccc1)c(-c1ccccc1)n3-c1cc(N(c3ccccc3)c3ccccc3)cc3c1B2c1cc(C(C)(C)C)cc2c(-c4ccccc4)c(-c4ccccc4)n-3c12. The van der Waals surface area contributed by atoms with E-state index in [2.05, 4.69) is 274 Å². The van der Waals surface area contributed by atoms with Crippen LogP contribution in [0.15, 0.2) is 218 Å². The molecule has 0 radical (unpaired) electrons. The second-order valence-electron chi connectivity index (χ2n) is 21.3. The maximum atomic E-state index is 2.67. The third kappa shape index (κ3) is 6.43. The highest BCUT2D eigenvalue weighted by Gasteiger charge is 2.44. The van der Waals surface area contributed by atoms with Crippen molar-refractivity contribution in [2.45, 2.75) is 52.4 Å². The Bertz CT molecular complexity index is 3550. The van der Waals surface area contributed by atoms with Gasteiger partial charge in [-0.05, 0) is 109 Å². The van der Waals surface area contributed by atoms with Crippen LogP contribution >= 0.6 is 0 Å². The van der Waals surface area contributed by atoms with Gasteiger partial charge in [0, 0.05) is 55.7 Å². The van der Waals surface area contributed by atoms with Crippen LogP contribution in [-0.2, 0) is 10.8 Å². The van der Waals surface area contributed by atoms with Crippen LogP contribution in [0.4, 0.5) is 17.1 Å². The van der Waals surface area contributed by atoms with Crippen molar-refractivity contribution in [1.29, 1.82) is 0 Å². The molecule has 11 aromatic rings. The van der Waals surface area contributed by atoms with Gasteiger partial charge in [-0.25, -0.2) is 0 Å². The average Bonchev–Trinajstić information content (AvgIpc) is 3.92. The van der Waals surface area contributed by atoms with E-state index in [1.165, 1.54) is 105 Å². The van der Waals surface area contributed by atoms with Crippen LogP contribution in [0.25, 0.3) is 77.9 Å². The van der Waals surface area contributed by atoms with Gasteiger partial charge in [-0.15, -0.1) is 0 Å². The summed E-state index contributed by atoms with van der Waals surface area (Å²) in [6, 6.07) is 81.5. The zero-order valence-electron chi connectivity index (χ0n) is 40.7. The molecule has 0 amide bonds. The molecule has 0 spiro atoms. The van der Waals surface area contributed by atoms with E-state index in [0.717, 1.165) is 17.1 Å². The van der Waals surface area contributed by atoms with Gasteiger partial charge in [-0.1, -0.05) is 211 Å². The van der Waals surface area contributed by atoms with E-state index in [1.54, 1.807) is 0 Å². The predicted molar refractivity (Wildman–Crippen MR) is 299 cm³/mol. The Morgan fingerprint density at radius 1 is 0.357 bits per heavy atom. The second-order valence-corrected chi connectivity index (χ2v) is 21.3. The predicted octanol–water partition coefficient (Wildman–Crippen LogP) is 15.5. The minimum atomic E-state index is -0.120. The van der Waals surface area contributed by atoms with Crippen molar-refractivity contribution in [3.8, 4) is 56.1 Å². The standard InChI is InChI=1S/C66H54BN3/c1-65(2,3)47-37-52-58(43-25-13-7-14-26-43)61(45-29-17-9-18-30-45)69-56-41-51(68(49-33-21-11-22-34-49)50-35-23-12-24-36-50)42-57-60(56)67(54(39-47)63(52)69)55-40-48(66(4,5)6)38-53-59(44-27-15-8-16-28-44)62(70(57)64(53)55)46-31-19-10-20-32-46/h7-42H,1-6H3. The topological polar surface area (TPSA) is 13.1 Å². The molecule has 0 unspecified atom stereocenters. The largest absolute Gasteiger partial charge is 0.310 e. The molecule has 3 nitrogen and oxygen atoms in total. The summed E-state index contributed by atoms with van der Waals surface area (Å²) in [4.78, 5) is 2.45. The smallest absolute Gasteiger partial charge is 0.252 e. The molecule has 0 N–H and O–H groups in total. The van der Waals surface area contributed by atoms with Crippen LogP contribution < -0.4 is 21.3 Å². The molecule has 0 fully saturated rings. The van der Waals surface area contributed by atoms with Gasteiger partial charge in [0.2, 0.25) is 0 Å². The van der Waals surface area contributed by atoms with Gasteiger partial charge in [-0.3, -0.25) is 0 Å². The van der Waals surface area contributed by atoms with Gasteiger partial charge in [0.25, 0.3) is 6.71 Å². The van der Waals surface area contributed by atoms with Gasteiger partial charge in [0.15, 0.2) is 0 Å². The van der Waals surface area contributed by atoms with Gasteiger partial charge in [0.1, 0.15) is 0 Å². The number of para-hydroxylation sites is 2. The first kappa shape index (κ1) is 42.1. The highest BCUT2D eigenvalue weighted by molar-refractivity contribution is 7.00. The Balaban J connectivity index is 1.30. The summed E-state index contributed by atoms with van der Waals surface area (Å²) < 4.78 is 5.34. The fourth-order valence-electron chi connectivity index (χ4n) is 11.7. The Kier molecular flexibility index (Phi) is 9.45. The maximum Gasteiger partial charge on any atom is 0.252 e. The summed E-state index contributed by atoms with van der Waals surface area (Å²) in [5.74, 6) is 0. The molecule has 0 aliphatic carbocycles. The Morgan fingerprint density at radius 2 is 0.686 bits per heavy atom. The highest BCUT2D eigenvalue weighted by Crippen LogP contribution is 2.50. The van der Waals surface area contributed by atoms with E-state index in [0.29, 0.717) is 0 Å². The van der Waals surface area contributed by atoms with Crippen molar-refractivity contribution in [3.05, 3.63) is 230 Å². The number of rotatable bonds is 7. The van der Waals surface area contributed by atoms with Gasteiger partial charge < -0.3 is 14.0 Å². The molecule has 4 heterocycles. The number of anilines is 3. The van der Waals surface area contributed by atoms with Crippen molar-refractivity contribution < 1.29 is 0 Å².